The zero-order valence-corrected chi connectivity index (χ0v) is 14.9. The minimum Gasteiger partial charge on any atom is -0.276 e. The van der Waals surface area contributed by atoms with Crippen molar-refractivity contribution >= 4 is 28.1 Å². The van der Waals surface area contributed by atoms with Gasteiger partial charge in [-0.2, -0.15) is 5.10 Å². The van der Waals surface area contributed by atoms with Gasteiger partial charge in [0, 0.05) is 12.6 Å². The van der Waals surface area contributed by atoms with Crippen LogP contribution >= 0.6 is 11.6 Å². The van der Waals surface area contributed by atoms with Crippen molar-refractivity contribution in [2.45, 2.75) is 25.7 Å². The molecule has 0 saturated carbocycles. The highest BCUT2D eigenvalue weighted by Crippen LogP contribution is 2.41. The first-order chi connectivity index (χ1) is 11.6. The number of hydroxylamine groups is 1. The number of hydrogen-bond donors (Lipinski definition) is 0. The van der Waals surface area contributed by atoms with Gasteiger partial charge >= 0.3 is 0 Å². The first-order valence-corrected chi connectivity index (χ1v) is 8.51. The molecular formula is C19H22ClN3O. The van der Waals surface area contributed by atoms with Gasteiger partial charge in [0.15, 0.2) is 5.82 Å². The molecule has 0 N–H and O–H groups in total. The van der Waals surface area contributed by atoms with Crippen LogP contribution in [0.15, 0.2) is 43.0 Å². The lowest BCUT2D eigenvalue weighted by Crippen LogP contribution is -2.19. The fourth-order valence-electron chi connectivity index (χ4n) is 3.11. The van der Waals surface area contributed by atoms with E-state index in [0.29, 0.717) is 5.16 Å². The standard InChI is InChI=1S/C19H22ClN3O/c1-14(20)23-19(22(2)24-3)17(15-10-6-4-7-11-15)18(21-23)16-12-8-5-9-13-16/h5,8-10,12-13H,1,4,6-7,11H2,2-3H3. The Morgan fingerprint density at radius 2 is 2.04 bits per heavy atom. The first kappa shape index (κ1) is 16.8. The van der Waals surface area contributed by atoms with E-state index in [0.717, 1.165) is 35.5 Å². The number of allylic oxidation sites excluding steroid dienone is 2. The van der Waals surface area contributed by atoms with Crippen molar-refractivity contribution in [2.24, 2.45) is 0 Å². The summed E-state index contributed by atoms with van der Waals surface area (Å²) in [5, 5.41) is 6.78. The van der Waals surface area contributed by atoms with Crippen molar-refractivity contribution in [1.29, 1.82) is 0 Å². The number of hydrogen-bond acceptors (Lipinski definition) is 3. The lowest BCUT2D eigenvalue weighted by atomic mass is 9.91. The van der Waals surface area contributed by atoms with E-state index >= 15 is 0 Å². The Labute approximate surface area is 147 Å². The molecule has 1 heterocycles. The average Bonchev–Trinajstić information content (AvgIpc) is 3.03. The fraction of sp³-hybridized carbons (Fsp3) is 0.316. The van der Waals surface area contributed by atoms with Crippen molar-refractivity contribution in [3.63, 3.8) is 0 Å². The molecule has 4 nitrogen and oxygen atoms in total. The van der Waals surface area contributed by atoms with Crippen LogP contribution in [0.1, 0.15) is 31.2 Å². The van der Waals surface area contributed by atoms with Crippen LogP contribution in [0.5, 0.6) is 0 Å². The Kier molecular flexibility index (Phi) is 5.07. The molecule has 0 bridgehead atoms. The molecule has 0 aliphatic heterocycles. The number of anilines is 1. The minimum atomic E-state index is 0.341. The van der Waals surface area contributed by atoms with E-state index in [1.54, 1.807) is 16.9 Å². The summed E-state index contributed by atoms with van der Waals surface area (Å²) in [6.07, 6.45) is 6.85. The summed E-state index contributed by atoms with van der Waals surface area (Å²) < 4.78 is 1.65. The highest BCUT2D eigenvalue weighted by atomic mass is 35.5. The van der Waals surface area contributed by atoms with E-state index in [1.165, 1.54) is 18.4 Å². The molecule has 5 heteroatoms. The molecular weight excluding hydrogens is 322 g/mol. The summed E-state index contributed by atoms with van der Waals surface area (Å²) in [6, 6.07) is 10.2. The van der Waals surface area contributed by atoms with Crippen LogP contribution in [0.2, 0.25) is 0 Å². The number of aromatic nitrogens is 2. The zero-order chi connectivity index (χ0) is 17.1. The van der Waals surface area contributed by atoms with Gasteiger partial charge in [-0.3, -0.25) is 4.84 Å². The lowest BCUT2D eigenvalue weighted by Gasteiger charge is -2.21. The van der Waals surface area contributed by atoms with Gasteiger partial charge in [-0.05, 0) is 31.3 Å². The third kappa shape index (κ3) is 3.12. The monoisotopic (exact) mass is 343 g/mol. The molecule has 1 aliphatic rings. The molecule has 3 rings (SSSR count). The van der Waals surface area contributed by atoms with Gasteiger partial charge in [0.25, 0.3) is 0 Å². The Bertz CT molecular complexity index is 764. The van der Waals surface area contributed by atoms with E-state index in [2.05, 4.69) is 24.8 Å². The molecule has 1 aromatic carbocycles. The topological polar surface area (TPSA) is 30.3 Å². The van der Waals surface area contributed by atoms with Crippen LogP contribution in [0.3, 0.4) is 0 Å². The van der Waals surface area contributed by atoms with Crippen LogP contribution in [0, 0.1) is 0 Å². The Morgan fingerprint density at radius 1 is 1.29 bits per heavy atom. The second-order valence-electron chi connectivity index (χ2n) is 5.86. The van der Waals surface area contributed by atoms with Crippen molar-refractivity contribution in [1.82, 2.24) is 9.78 Å². The molecule has 0 radical (unpaired) electrons. The highest BCUT2D eigenvalue weighted by molar-refractivity contribution is 6.44. The first-order valence-electron chi connectivity index (χ1n) is 8.14. The Balaban J connectivity index is 2.28. The zero-order valence-electron chi connectivity index (χ0n) is 14.1. The van der Waals surface area contributed by atoms with Gasteiger partial charge in [-0.15, -0.1) is 0 Å². The fourth-order valence-corrected chi connectivity index (χ4v) is 3.23. The predicted molar refractivity (Wildman–Crippen MR) is 101 cm³/mol. The van der Waals surface area contributed by atoms with Crippen LogP contribution in [0.4, 0.5) is 5.82 Å². The SMILES string of the molecule is C=C(Cl)n1nc(-c2ccccc2)c(C2=CCCCC2)c1N(C)OC. The van der Waals surface area contributed by atoms with Gasteiger partial charge in [0.05, 0.1) is 12.7 Å². The number of halogens is 1. The molecule has 0 amide bonds. The number of nitrogens with zero attached hydrogens (tertiary/aromatic N) is 3. The number of benzene rings is 1. The predicted octanol–water partition coefficient (Wildman–Crippen LogP) is 5.17. The van der Waals surface area contributed by atoms with Crippen molar-refractivity contribution in [2.75, 3.05) is 19.2 Å². The molecule has 0 saturated heterocycles. The Morgan fingerprint density at radius 3 is 2.62 bits per heavy atom. The second kappa shape index (κ2) is 7.24. The molecule has 0 atom stereocenters. The van der Waals surface area contributed by atoms with E-state index in [4.69, 9.17) is 21.5 Å². The number of rotatable bonds is 5. The van der Waals surface area contributed by atoms with Gasteiger partial charge in [0.2, 0.25) is 0 Å². The van der Waals surface area contributed by atoms with Gasteiger partial charge in [-0.25, -0.2) is 9.75 Å². The van der Waals surface area contributed by atoms with Crippen molar-refractivity contribution < 1.29 is 4.84 Å². The van der Waals surface area contributed by atoms with E-state index in [-0.39, 0.29) is 0 Å². The maximum absolute atomic E-state index is 6.23. The van der Waals surface area contributed by atoms with Gasteiger partial charge in [0.1, 0.15) is 10.9 Å². The van der Waals surface area contributed by atoms with Crippen molar-refractivity contribution in [3.05, 3.63) is 48.6 Å². The maximum Gasteiger partial charge on any atom is 0.165 e. The normalized spacial score (nSPS) is 14.4. The average molecular weight is 344 g/mol. The van der Waals surface area contributed by atoms with E-state index in [1.807, 2.05) is 25.2 Å². The summed E-state index contributed by atoms with van der Waals surface area (Å²) in [4.78, 5) is 5.45. The van der Waals surface area contributed by atoms with Crippen molar-refractivity contribution in [3.8, 4) is 11.3 Å². The molecule has 1 aromatic heterocycles. The summed E-state index contributed by atoms with van der Waals surface area (Å²) in [6.45, 7) is 3.86. The lowest BCUT2D eigenvalue weighted by molar-refractivity contribution is 0.181. The molecule has 24 heavy (non-hydrogen) atoms. The quantitative estimate of drug-likeness (QED) is 0.701. The maximum atomic E-state index is 6.23. The summed E-state index contributed by atoms with van der Waals surface area (Å²) >= 11 is 6.23. The summed E-state index contributed by atoms with van der Waals surface area (Å²) in [5.74, 6) is 0.810. The van der Waals surface area contributed by atoms with Crippen LogP contribution in [0.25, 0.3) is 22.0 Å². The van der Waals surface area contributed by atoms with Gasteiger partial charge in [-0.1, -0.05) is 54.6 Å². The highest BCUT2D eigenvalue weighted by Gasteiger charge is 2.26. The van der Waals surface area contributed by atoms with Crippen LogP contribution in [-0.2, 0) is 4.84 Å². The molecule has 126 valence electrons. The van der Waals surface area contributed by atoms with Gasteiger partial charge < -0.3 is 0 Å². The minimum absolute atomic E-state index is 0.341. The molecule has 0 fully saturated rings. The van der Waals surface area contributed by atoms with Crippen LogP contribution in [-0.4, -0.2) is 23.9 Å². The van der Waals surface area contributed by atoms with Crippen LogP contribution < -0.4 is 5.06 Å². The third-order valence-corrected chi connectivity index (χ3v) is 4.48. The largest absolute Gasteiger partial charge is 0.276 e. The molecule has 0 unspecified atom stereocenters. The van der Waals surface area contributed by atoms with E-state index in [9.17, 15) is 0 Å². The molecule has 2 aromatic rings. The second-order valence-corrected chi connectivity index (χ2v) is 6.29. The summed E-state index contributed by atoms with van der Waals surface area (Å²) in [7, 11) is 3.49. The molecule has 1 aliphatic carbocycles. The summed E-state index contributed by atoms with van der Waals surface area (Å²) in [5.41, 5.74) is 4.33. The van der Waals surface area contributed by atoms with E-state index < -0.39 is 0 Å². The molecule has 0 spiro atoms. The third-order valence-electron chi connectivity index (χ3n) is 4.32. The smallest absolute Gasteiger partial charge is 0.165 e. The Hall–Kier alpha value is -2.04.